The lowest BCUT2D eigenvalue weighted by molar-refractivity contribution is 0.0696. The molecule has 0 amide bonds. The molecular formula is C15H12O3. The normalized spacial score (nSPS) is 10.1. The molecule has 2 aromatic rings. The summed E-state index contributed by atoms with van der Waals surface area (Å²) in [6.07, 6.45) is 0. The van der Waals surface area contributed by atoms with Gasteiger partial charge >= 0.3 is 5.97 Å². The first kappa shape index (κ1) is 12.0. The van der Waals surface area contributed by atoms with Gasteiger partial charge in [-0.3, -0.25) is 4.79 Å². The van der Waals surface area contributed by atoms with E-state index in [9.17, 15) is 9.59 Å². The molecule has 0 aromatic heterocycles. The van der Waals surface area contributed by atoms with Gasteiger partial charge in [-0.15, -0.1) is 0 Å². The molecule has 0 saturated heterocycles. The highest BCUT2D eigenvalue weighted by molar-refractivity contribution is 6.10. The van der Waals surface area contributed by atoms with E-state index in [1.807, 2.05) is 6.07 Å². The molecule has 0 aliphatic carbocycles. The van der Waals surface area contributed by atoms with Crippen molar-refractivity contribution in [1.82, 2.24) is 0 Å². The van der Waals surface area contributed by atoms with Gasteiger partial charge in [0.15, 0.2) is 5.78 Å². The summed E-state index contributed by atoms with van der Waals surface area (Å²) in [6, 6.07) is 13.5. The molecule has 18 heavy (non-hydrogen) atoms. The number of aromatic carboxylic acids is 1. The maximum atomic E-state index is 12.1. The second kappa shape index (κ2) is 4.84. The van der Waals surface area contributed by atoms with Crippen molar-refractivity contribution in [3.63, 3.8) is 0 Å². The van der Waals surface area contributed by atoms with Crippen molar-refractivity contribution < 1.29 is 14.7 Å². The van der Waals surface area contributed by atoms with Gasteiger partial charge in [0.1, 0.15) is 0 Å². The molecule has 0 atom stereocenters. The Morgan fingerprint density at radius 3 is 2.22 bits per heavy atom. The van der Waals surface area contributed by atoms with E-state index in [4.69, 9.17) is 5.11 Å². The third-order valence-corrected chi connectivity index (χ3v) is 2.77. The number of benzene rings is 2. The van der Waals surface area contributed by atoms with Crippen LogP contribution in [-0.4, -0.2) is 16.9 Å². The highest BCUT2D eigenvalue weighted by Crippen LogP contribution is 2.15. The van der Waals surface area contributed by atoms with Crippen molar-refractivity contribution in [1.29, 1.82) is 0 Å². The van der Waals surface area contributed by atoms with Crippen LogP contribution in [0.25, 0.3) is 0 Å². The van der Waals surface area contributed by atoms with Crippen LogP contribution in [0.15, 0.2) is 48.5 Å². The van der Waals surface area contributed by atoms with Gasteiger partial charge in [-0.25, -0.2) is 4.79 Å². The number of rotatable bonds is 3. The second-order valence-electron chi connectivity index (χ2n) is 4.03. The summed E-state index contributed by atoms with van der Waals surface area (Å²) in [5.41, 5.74) is 1.76. The SMILES string of the molecule is Cc1ccc(C(=O)c2ccccc2)cc1C(=O)O. The van der Waals surface area contributed by atoms with Gasteiger partial charge in [0.2, 0.25) is 0 Å². The average Bonchev–Trinajstić information content (AvgIpc) is 2.39. The van der Waals surface area contributed by atoms with Crippen molar-refractivity contribution in [3.05, 3.63) is 70.8 Å². The zero-order valence-corrected chi connectivity index (χ0v) is 9.88. The minimum absolute atomic E-state index is 0.164. The number of carbonyl (C=O) groups is 2. The fraction of sp³-hybridized carbons (Fsp3) is 0.0667. The zero-order chi connectivity index (χ0) is 13.1. The molecule has 0 spiro atoms. The van der Waals surface area contributed by atoms with E-state index >= 15 is 0 Å². The molecule has 0 aliphatic heterocycles. The topological polar surface area (TPSA) is 54.4 Å². The highest BCUT2D eigenvalue weighted by atomic mass is 16.4. The Hall–Kier alpha value is -2.42. The third-order valence-electron chi connectivity index (χ3n) is 2.77. The van der Waals surface area contributed by atoms with Crippen molar-refractivity contribution in [2.75, 3.05) is 0 Å². The molecule has 90 valence electrons. The Morgan fingerprint density at radius 2 is 1.61 bits per heavy atom. The first-order valence-corrected chi connectivity index (χ1v) is 5.53. The van der Waals surface area contributed by atoms with Gasteiger partial charge in [-0.1, -0.05) is 42.5 Å². The lowest BCUT2D eigenvalue weighted by Crippen LogP contribution is -2.06. The molecule has 0 heterocycles. The van der Waals surface area contributed by atoms with Crippen LogP contribution in [0.4, 0.5) is 0 Å². The largest absolute Gasteiger partial charge is 0.478 e. The summed E-state index contributed by atoms with van der Waals surface area (Å²) in [7, 11) is 0. The number of aryl methyl sites for hydroxylation is 1. The molecule has 2 rings (SSSR count). The zero-order valence-electron chi connectivity index (χ0n) is 9.88. The van der Waals surface area contributed by atoms with Gasteiger partial charge in [0.25, 0.3) is 0 Å². The van der Waals surface area contributed by atoms with Gasteiger partial charge in [-0.2, -0.15) is 0 Å². The van der Waals surface area contributed by atoms with Crippen molar-refractivity contribution in [3.8, 4) is 0 Å². The lowest BCUT2D eigenvalue weighted by Gasteiger charge is -2.05. The Morgan fingerprint density at radius 1 is 0.944 bits per heavy atom. The van der Waals surface area contributed by atoms with Crippen LogP contribution in [0.3, 0.4) is 0 Å². The van der Waals surface area contributed by atoms with Gasteiger partial charge in [0, 0.05) is 11.1 Å². The third kappa shape index (κ3) is 2.30. The van der Waals surface area contributed by atoms with Gasteiger partial charge in [0.05, 0.1) is 5.56 Å². The summed E-state index contributed by atoms with van der Waals surface area (Å²) in [5.74, 6) is -1.19. The quantitative estimate of drug-likeness (QED) is 0.839. The minimum Gasteiger partial charge on any atom is -0.478 e. The molecule has 2 aromatic carbocycles. The van der Waals surface area contributed by atoms with E-state index in [-0.39, 0.29) is 11.3 Å². The molecule has 0 unspecified atom stereocenters. The number of carbonyl (C=O) groups excluding carboxylic acids is 1. The van der Waals surface area contributed by atoms with Crippen LogP contribution in [-0.2, 0) is 0 Å². The Kier molecular flexibility index (Phi) is 3.24. The Bertz CT molecular complexity index is 600. The second-order valence-corrected chi connectivity index (χ2v) is 4.03. The minimum atomic E-state index is -1.02. The van der Waals surface area contributed by atoms with Crippen molar-refractivity contribution >= 4 is 11.8 Å². The van der Waals surface area contributed by atoms with Crippen LogP contribution < -0.4 is 0 Å². The van der Waals surface area contributed by atoms with E-state index in [2.05, 4.69) is 0 Å². The Labute approximate surface area is 105 Å². The fourth-order valence-electron chi connectivity index (χ4n) is 1.75. The van der Waals surface area contributed by atoms with Gasteiger partial charge < -0.3 is 5.11 Å². The Balaban J connectivity index is 2.44. The number of carboxylic acids is 1. The van der Waals surface area contributed by atoms with Crippen LogP contribution in [0.1, 0.15) is 31.8 Å². The van der Waals surface area contributed by atoms with Crippen molar-refractivity contribution in [2.45, 2.75) is 6.92 Å². The first-order valence-electron chi connectivity index (χ1n) is 5.53. The van der Waals surface area contributed by atoms with Crippen LogP contribution >= 0.6 is 0 Å². The van der Waals surface area contributed by atoms with E-state index < -0.39 is 5.97 Å². The maximum absolute atomic E-state index is 12.1. The molecule has 0 aliphatic rings. The number of ketones is 1. The average molecular weight is 240 g/mol. The molecule has 0 bridgehead atoms. The molecule has 3 heteroatoms. The highest BCUT2D eigenvalue weighted by Gasteiger charge is 2.13. The fourth-order valence-corrected chi connectivity index (χ4v) is 1.75. The maximum Gasteiger partial charge on any atom is 0.335 e. The number of carboxylic acid groups (broad SMARTS) is 1. The van der Waals surface area contributed by atoms with Crippen molar-refractivity contribution in [2.24, 2.45) is 0 Å². The molecular weight excluding hydrogens is 228 g/mol. The van der Waals surface area contributed by atoms with E-state index in [1.54, 1.807) is 43.3 Å². The lowest BCUT2D eigenvalue weighted by atomic mass is 9.99. The number of hydrogen-bond acceptors (Lipinski definition) is 2. The molecule has 3 nitrogen and oxygen atoms in total. The van der Waals surface area contributed by atoms with Crippen LogP contribution in [0.5, 0.6) is 0 Å². The molecule has 0 fully saturated rings. The summed E-state index contributed by atoms with van der Waals surface area (Å²) in [6.45, 7) is 1.71. The molecule has 0 radical (unpaired) electrons. The van der Waals surface area contributed by atoms with E-state index in [0.717, 1.165) is 0 Å². The van der Waals surface area contributed by atoms with Crippen LogP contribution in [0.2, 0.25) is 0 Å². The van der Waals surface area contributed by atoms with E-state index in [1.165, 1.54) is 6.07 Å². The molecule has 0 saturated carbocycles. The smallest absolute Gasteiger partial charge is 0.335 e. The predicted molar refractivity (Wildman–Crippen MR) is 68.0 cm³/mol. The summed E-state index contributed by atoms with van der Waals surface area (Å²) < 4.78 is 0. The van der Waals surface area contributed by atoms with Crippen LogP contribution in [0, 0.1) is 6.92 Å². The monoisotopic (exact) mass is 240 g/mol. The standard InChI is InChI=1S/C15H12O3/c1-10-7-8-12(9-13(10)15(17)18)14(16)11-5-3-2-4-6-11/h2-9H,1H3,(H,17,18). The van der Waals surface area contributed by atoms with Gasteiger partial charge in [-0.05, 0) is 18.6 Å². The number of hydrogen-bond donors (Lipinski definition) is 1. The summed E-state index contributed by atoms with van der Waals surface area (Å²) in [5, 5.41) is 9.03. The summed E-state index contributed by atoms with van der Waals surface area (Å²) >= 11 is 0. The van der Waals surface area contributed by atoms with E-state index in [0.29, 0.717) is 16.7 Å². The molecule has 1 N–H and O–H groups in total. The first-order chi connectivity index (χ1) is 8.59. The predicted octanol–water partition coefficient (Wildman–Crippen LogP) is 2.92. The summed E-state index contributed by atoms with van der Waals surface area (Å²) in [4.78, 5) is 23.2.